The van der Waals surface area contributed by atoms with Crippen LogP contribution in [0, 0.1) is 5.92 Å². The molecule has 0 spiro atoms. The number of nitrogens with zero attached hydrogens (tertiary/aromatic N) is 4. The van der Waals surface area contributed by atoms with Crippen LogP contribution in [-0.4, -0.2) is 51.7 Å². The number of piperidine rings is 1. The molecule has 1 aromatic carbocycles. The van der Waals surface area contributed by atoms with Crippen molar-refractivity contribution in [1.82, 2.24) is 19.6 Å². The molecule has 1 amide bonds. The number of carbonyl (C=O) groups is 1. The Morgan fingerprint density at radius 3 is 2.32 bits per heavy atom. The van der Waals surface area contributed by atoms with Gasteiger partial charge in [0.1, 0.15) is 0 Å². The fraction of sp³-hybridized carbons (Fsp3) is 0.615. The first-order chi connectivity index (χ1) is 15.1. The van der Waals surface area contributed by atoms with E-state index in [0.717, 1.165) is 32.0 Å². The smallest absolute Gasteiger partial charge is 0.222 e. The molecule has 0 atom stereocenters. The summed E-state index contributed by atoms with van der Waals surface area (Å²) >= 11 is 0. The number of aryl methyl sites for hydroxylation is 1. The average molecular weight is 423 g/mol. The van der Waals surface area contributed by atoms with Crippen molar-refractivity contribution < 1.29 is 4.79 Å². The van der Waals surface area contributed by atoms with E-state index in [-0.39, 0.29) is 0 Å². The minimum absolute atomic E-state index is 0.324. The molecule has 5 nitrogen and oxygen atoms in total. The number of likely N-dealkylation sites (tertiary alicyclic amines) is 2. The highest BCUT2D eigenvalue weighted by Crippen LogP contribution is 2.23. The predicted molar refractivity (Wildman–Crippen MR) is 125 cm³/mol. The Balaban J connectivity index is 1.18. The van der Waals surface area contributed by atoms with Crippen molar-refractivity contribution >= 4 is 5.91 Å². The SMILES string of the molecule is CC(C)n1cc(CN2CCC(Cc3ccc(CCC(=O)N4CCCC4)cc3)CC2)cn1. The second kappa shape index (κ2) is 10.4. The van der Waals surface area contributed by atoms with E-state index in [0.29, 0.717) is 18.4 Å². The molecule has 2 aromatic rings. The van der Waals surface area contributed by atoms with Crippen molar-refractivity contribution in [1.29, 1.82) is 0 Å². The summed E-state index contributed by atoms with van der Waals surface area (Å²) in [6, 6.07) is 9.45. The number of hydrogen-bond donors (Lipinski definition) is 0. The maximum Gasteiger partial charge on any atom is 0.222 e. The molecule has 0 radical (unpaired) electrons. The Hall–Kier alpha value is -2.14. The lowest BCUT2D eigenvalue weighted by Gasteiger charge is -2.31. The highest BCUT2D eigenvalue weighted by molar-refractivity contribution is 5.76. The standard InChI is InChI=1S/C26H38N4O/c1-21(2)30-20-25(18-27-30)19-28-15-11-24(12-16-28)17-23-7-5-22(6-8-23)9-10-26(31)29-13-3-4-14-29/h5-8,18,20-21,24H,3-4,9-17,19H2,1-2H3. The van der Waals surface area contributed by atoms with Crippen LogP contribution in [0.2, 0.25) is 0 Å². The van der Waals surface area contributed by atoms with Crippen LogP contribution in [-0.2, 0) is 24.2 Å². The molecule has 31 heavy (non-hydrogen) atoms. The molecule has 168 valence electrons. The monoisotopic (exact) mass is 422 g/mol. The summed E-state index contributed by atoms with van der Waals surface area (Å²) in [4.78, 5) is 16.8. The van der Waals surface area contributed by atoms with Crippen LogP contribution in [0.5, 0.6) is 0 Å². The van der Waals surface area contributed by atoms with Gasteiger partial charge in [-0.2, -0.15) is 5.10 Å². The molecule has 0 bridgehead atoms. The number of carbonyl (C=O) groups excluding carboxylic acids is 1. The summed E-state index contributed by atoms with van der Waals surface area (Å²) < 4.78 is 2.05. The van der Waals surface area contributed by atoms with Crippen molar-refractivity contribution in [3.05, 3.63) is 53.3 Å². The molecule has 0 N–H and O–H groups in total. The molecular weight excluding hydrogens is 384 g/mol. The Labute approximate surface area is 187 Å². The quantitative estimate of drug-likeness (QED) is 0.630. The van der Waals surface area contributed by atoms with Crippen LogP contribution < -0.4 is 0 Å². The maximum absolute atomic E-state index is 12.2. The fourth-order valence-corrected chi connectivity index (χ4v) is 4.90. The fourth-order valence-electron chi connectivity index (χ4n) is 4.90. The minimum atomic E-state index is 0.324. The highest BCUT2D eigenvalue weighted by Gasteiger charge is 2.20. The van der Waals surface area contributed by atoms with E-state index in [2.05, 4.69) is 54.3 Å². The van der Waals surface area contributed by atoms with Gasteiger partial charge in [-0.05, 0) is 82.5 Å². The number of benzene rings is 1. The molecule has 0 aliphatic carbocycles. The number of hydrogen-bond acceptors (Lipinski definition) is 3. The van der Waals surface area contributed by atoms with Gasteiger partial charge in [-0.1, -0.05) is 24.3 Å². The van der Waals surface area contributed by atoms with Gasteiger partial charge in [0.25, 0.3) is 0 Å². The normalized spacial score (nSPS) is 18.2. The third-order valence-corrected chi connectivity index (χ3v) is 6.93. The number of amides is 1. The van der Waals surface area contributed by atoms with Crippen molar-refractivity contribution in [3.63, 3.8) is 0 Å². The van der Waals surface area contributed by atoms with Crippen LogP contribution in [0.25, 0.3) is 0 Å². The second-order valence-electron chi connectivity index (χ2n) is 9.75. The molecule has 0 saturated carbocycles. The Kier molecular flexibility index (Phi) is 7.44. The first-order valence-corrected chi connectivity index (χ1v) is 12.2. The molecule has 2 fully saturated rings. The Morgan fingerprint density at radius 1 is 1.00 bits per heavy atom. The summed E-state index contributed by atoms with van der Waals surface area (Å²) in [5.74, 6) is 1.10. The first kappa shape index (κ1) is 22.1. The first-order valence-electron chi connectivity index (χ1n) is 12.2. The van der Waals surface area contributed by atoms with Gasteiger partial charge in [-0.3, -0.25) is 14.4 Å². The molecule has 2 aliphatic heterocycles. The van der Waals surface area contributed by atoms with Gasteiger partial charge in [0, 0.05) is 43.9 Å². The topological polar surface area (TPSA) is 41.4 Å². The Bertz CT molecular complexity index is 827. The van der Waals surface area contributed by atoms with Crippen molar-refractivity contribution in [3.8, 4) is 0 Å². The van der Waals surface area contributed by atoms with Crippen LogP contribution in [0.4, 0.5) is 0 Å². The lowest BCUT2D eigenvalue weighted by molar-refractivity contribution is -0.130. The van der Waals surface area contributed by atoms with Crippen LogP contribution in [0.1, 0.15) is 68.7 Å². The van der Waals surface area contributed by atoms with Gasteiger partial charge in [0.15, 0.2) is 0 Å². The zero-order valence-electron chi connectivity index (χ0n) is 19.3. The summed E-state index contributed by atoms with van der Waals surface area (Å²) in [5.41, 5.74) is 4.05. The van der Waals surface area contributed by atoms with E-state index in [9.17, 15) is 4.79 Å². The van der Waals surface area contributed by atoms with Crippen molar-refractivity contribution in [2.75, 3.05) is 26.2 Å². The number of rotatable bonds is 8. The van der Waals surface area contributed by atoms with Gasteiger partial charge in [-0.25, -0.2) is 0 Å². The van der Waals surface area contributed by atoms with Gasteiger partial charge >= 0.3 is 0 Å². The highest BCUT2D eigenvalue weighted by atomic mass is 16.2. The van der Waals surface area contributed by atoms with Crippen molar-refractivity contribution in [2.24, 2.45) is 5.92 Å². The maximum atomic E-state index is 12.2. The molecule has 2 saturated heterocycles. The minimum Gasteiger partial charge on any atom is -0.343 e. The van der Waals surface area contributed by atoms with Crippen LogP contribution in [0.3, 0.4) is 0 Å². The van der Waals surface area contributed by atoms with E-state index in [1.807, 2.05) is 15.8 Å². The number of aromatic nitrogens is 2. The van der Waals surface area contributed by atoms with Crippen LogP contribution >= 0.6 is 0 Å². The average Bonchev–Trinajstić information content (AvgIpc) is 3.47. The van der Waals surface area contributed by atoms with E-state index >= 15 is 0 Å². The van der Waals surface area contributed by atoms with Crippen molar-refractivity contribution in [2.45, 2.75) is 71.4 Å². The zero-order chi connectivity index (χ0) is 21.6. The second-order valence-corrected chi connectivity index (χ2v) is 9.75. The molecule has 2 aliphatic rings. The van der Waals surface area contributed by atoms with E-state index in [1.165, 1.54) is 61.9 Å². The van der Waals surface area contributed by atoms with Gasteiger partial charge in [-0.15, -0.1) is 0 Å². The Morgan fingerprint density at radius 2 is 1.68 bits per heavy atom. The molecule has 5 heteroatoms. The molecule has 1 aromatic heterocycles. The predicted octanol–water partition coefficient (Wildman–Crippen LogP) is 4.47. The molecule has 3 heterocycles. The van der Waals surface area contributed by atoms with E-state index in [4.69, 9.17) is 0 Å². The summed E-state index contributed by atoms with van der Waals surface area (Å²) in [6.07, 6.45) is 11.8. The van der Waals surface area contributed by atoms with Crippen LogP contribution in [0.15, 0.2) is 36.7 Å². The summed E-state index contributed by atoms with van der Waals surface area (Å²) in [7, 11) is 0. The van der Waals surface area contributed by atoms with E-state index in [1.54, 1.807) is 0 Å². The summed E-state index contributed by atoms with van der Waals surface area (Å²) in [5, 5.41) is 4.47. The zero-order valence-corrected chi connectivity index (χ0v) is 19.3. The molecule has 0 unspecified atom stereocenters. The van der Waals surface area contributed by atoms with Gasteiger partial charge < -0.3 is 4.90 Å². The lowest BCUT2D eigenvalue weighted by atomic mass is 9.89. The van der Waals surface area contributed by atoms with Gasteiger partial charge in [0.2, 0.25) is 5.91 Å². The third kappa shape index (κ3) is 6.19. The van der Waals surface area contributed by atoms with E-state index < -0.39 is 0 Å². The molecular formula is C26H38N4O. The third-order valence-electron chi connectivity index (χ3n) is 6.93. The molecule has 4 rings (SSSR count). The largest absolute Gasteiger partial charge is 0.343 e. The lowest BCUT2D eigenvalue weighted by Crippen LogP contribution is -2.33. The van der Waals surface area contributed by atoms with Gasteiger partial charge in [0.05, 0.1) is 6.20 Å². The summed E-state index contributed by atoms with van der Waals surface area (Å²) in [6.45, 7) is 9.62.